The molecule has 0 spiro atoms. The maximum atomic E-state index is 12.5. The molecule has 0 saturated heterocycles. The highest BCUT2D eigenvalue weighted by molar-refractivity contribution is 6.02. The highest BCUT2D eigenvalue weighted by Crippen LogP contribution is 2.31. The summed E-state index contributed by atoms with van der Waals surface area (Å²) >= 11 is 0. The van der Waals surface area contributed by atoms with Gasteiger partial charge in [-0.1, -0.05) is 44.2 Å². The minimum atomic E-state index is -0.209. The number of anilines is 2. The lowest BCUT2D eigenvalue weighted by Crippen LogP contribution is -2.37. The molecule has 0 fully saturated rings. The minimum absolute atomic E-state index is 0.00610. The average Bonchev–Trinajstić information content (AvgIpc) is 2.52. The second-order valence-electron chi connectivity index (χ2n) is 6.69. The van der Waals surface area contributed by atoms with Gasteiger partial charge >= 0.3 is 0 Å². The Kier molecular flexibility index (Phi) is 5.97. The van der Waals surface area contributed by atoms with Gasteiger partial charge in [0.2, 0.25) is 11.8 Å². The van der Waals surface area contributed by atoms with Crippen LogP contribution in [0.15, 0.2) is 42.5 Å². The van der Waals surface area contributed by atoms with Gasteiger partial charge in [-0.05, 0) is 48.6 Å². The zero-order valence-electron chi connectivity index (χ0n) is 15.6. The second kappa shape index (κ2) is 7.97. The molecule has 2 aromatic rings. The lowest BCUT2D eigenvalue weighted by atomic mass is 9.97. The Morgan fingerprint density at radius 1 is 1.08 bits per heavy atom. The molecule has 0 bridgehead atoms. The summed E-state index contributed by atoms with van der Waals surface area (Å²) in [5.41, 5.74) is 4.71. The summed E-state index contributed by atoms with van der Waals surface area (Å²) in [6.07, 6.45) is 0. The van der Waals surface area contributed by atoms with Gasteiger partial charge in [0.15, 0.2) is 0 Å². The van der Waals surface area contributed by atoms with Crippen LogP contribution in [0.3, 0.4) is 0 Å². The molecule has 0 unspecified atom stereocenters. The van der Waals surface area contributed by atoms with Crippen LogP contribution < -0.4 is 10.2 Å². The molecule has 25 heavy (non-hydrogen) atoms. The van der Waals surface area contributed by atoms with Crippen LogP contribution in [0.5, 0.6) is 0 Å². The Labute approximate surface area is 149 Å². The summed E-state index contributed by atoms with van der Waals surface area (Å²) < 4.78 is 0. The molecule has 0 aliphatic rings. The number of hydrogen-bond donors (Lipinski definition) is 1. The van der Waals surface area contributed by atoms with Crippen molar-refractivity contribution in [1.82, 2.24) is 0 Å². The van der Waals surface area contributed by atoms with Crippen molar-refractivity contribution in [2.45, 2.75) is 40.5 Å². The number of hydrogen-bond acceptors (Lipinski definition) is 2. The highest BCUT2D eigenvalue weighted by atomic mass is 16.2. The number of amides is 2. The summed E-state index contributed by atoms with van der Waals surface area (Å²) in [5, 5.41) is 2.87. The summed E-state index contributed by atoms with van der Waals surface area (Å²) in [5.74, 6) is -0.0917. The molecule has 1 N–H and O–H groups in total. The maximum Gasteiger partial charge on any atom is 0.244 e. The third kappa shape index (κ3) is 4.69. The van der Waals surface area contributed by atoms with E-state index in [1.165, 1.54) is 6.92 Å². The molecule has 132 valence electrons. The first kappa shape index (κ1) is 18.7. The van der Waals surface area contributed by atoms with Gasteiger partial charge < -0.3 is 10.2 Å². The van der Waals surface area contributed by atoms with Crippen molar-refractivity contribution in [3.8, 4) is 0 Å². The largest absolute Gasteiger partial charge is 0.325 e. The molecule has 2 rings (SSSR count). The summed E-state index contributed by atoms with van der Waals surface area (Å²) in [7, 11) is 0. The smallest absolute Gasteiger partial charge is 0.244 e. The minimum Gasteiger partial charge on any atom is -0.325 e. The van der Waals surface area contributed by atoms with Crippen molar-refractivity contribution >= 4 is 23.2 Å². The van der Waals surface area contributed by atoms with Crippen LogP contribution in [0.2, 0.25) is 0 Å². The third-order valence-corrected chi connectivity index (χ3v) is 4.14. The number of benzene rings is 2. The van der Waals surface area contributed by atoms with E-state index in [0.717, 1.165) is 28.1 Å². The zero-order chi connectivity index (χ0) is 18.6. The number of aryl methyl sites for hydroxylation is 2. The molecule has 0 heterocycles. The maximum absolute atomic E-state index is 12.5. The number of carbonyl (C=O) groups excluding carboxylic acids is 2. The van der Waals surface area contributed by atoms with Gasteiger partial charge in [-0.25, -0.2) is 0 Å². The van der Waals surface area contributed by atoms with Crippen molar-refractivity contribution < 1.29 is 9.59 Å². The van der Waals surface area contributed by atoms with Gasteiger partial charge in [0.05, 0.1) is 5.69 Å². The van der Waals surface area contributed by atoms with E-state index in [-0.39, 0.29) is 24.3 Å². The van der Waals surface area contributed by atoms with E-state index in [1.54, 1.807) is 4.90 Å². The van der Waals surface area contributed by atoms with Gasteiger partial charge in [-0.3, -0.25) is 9.59 Å². The molecular weight excluding hydrogens is 312 g/mol. The lowest BCUT2D eigenvalue weighted by Gasteiger charge is -2.27. The van der Waals surface area contributed by atoms with Crippen molar-refractivity contribution in [2.75, 3.05) is 16.8 Å². The Balaban J connectivity index is 2.28. The Morgan fingerprint density at radius 3 is 2.36 bits per heavy atom. The monoisotopic (exact) mass is 338 g/mol. The van der Waals surface area contributed by atoms with Gasteiger partial charge in [0, 0.05) is 12.6 Å². The van der Waals surface area contributed by atoms with Crippen molar-refractivity contribution in [3.63, 3.8) is 0 Å². The third-order valence-electron chi connectivity index (χ3n) is 4.14. The predicted molar refractivity (Wildman–Crippen MR) is 103 cm³/mol. The summed E-state index contributed by atoms with van der Waals surface area (Å²) in [6.45, 7) is 9.60. The standard InChI is InChI=1S/C21H26N2O2/c1-14(2)19-11-7-9-16(4)21(19)23(17(5)24)13-20(25)22-18-10-6-8-15(3)12-18/h6-12,14H,13H2,1-5H3,(H,22,25). The Bertz CT molecular complexity index is 781. The van der Waals surface area contributed by atoms with E-state index >= 15 is 0 Å². The van der Waals surface area contributed by atoms with Gasteiger partial charge in [0.25, 0.3) is 0 Å². The van der Waals surface area contributed by atoms with Crippen molar-refractivity contribution in [1.29, 1.82) is 0 Å². The number of nitrogens with zero attached hydrogens (tertiary/aromatic N) is 1. The fraction of sp³-hybridized carbons (Fsp3) is 0.333. The fourth-order valence-corrected chi connectivity index (χ4v) is 2.93. The molecule has 4 nitrogen and oxygen atoms in total. The number of rotatable bonds is 5. The van der Waals surface area contributed by atoms with Crippen molar-refractivity contribution in [2.24, 2.45) is 0 Å². The van der Waals surface area contributed by atoms with Gasteiger partial charge in [-0.15, -0.1) is 0 Å². The second-order valence-corrected chi connectivity index (χ2v) is 6.69. The topological polar surface area (TPSA) is 49.4 Å². The van der Waals surface area contributed by atoms with Gasteiger partial charge in [-0.2, -0.15) is 0 Å². The lowest BCUT2D eigenvalue weighted by molar-refractivity contribution is -0.120. The molecule has 0 aliphatic carbocycles. The molecular formula is C21H26N2O2. The van der Waals surface area contributed by atoms with Crippen LogP contribution in [0, 0.1) is 13.8 Å². The summed E-state index contributed by atoms with van der Waals surface area (Å²) in [6, 6.07) is 13.6. The Morgan fingerprint density at radius 2 is 1.76 bits per heavy atom. The van der Waals surface area contributed by atoms with Crippen LogP contribution >= 0.6 is 0 Å². The predicted octanol–water partition coefficient (Wildman–Crippen LogP) is 4.42. The van der Waals surface area contributed by atoms with Crippen molar-refractivity contribution in [3.05, 3.63) is 59.2 Å². The van der Waals surface area contributed by atoms with E-state index in [2.05, 4.69) is 19.2 Å². The Hall–Kier alpha value is -2.62. The fourth-order valence-electron chi connectivity index (χ4n) is 2.93. The zero-order valence-corrected chi connectivity index (χ0v) is 15.6. The van der Waals surface area contributed by atoms with Crippen LogP contribution in [0.4, 0.5) is 11.4 Å². The van der Waals surface area contributed by atoms with Crippen LogP contribution in [0.1, 0.15) is 43.4 Å². The molecule has 0 aliphatic heterocycles. The van der Waals surface area contributed by atoms with E-state index in [4.69, 9.17) is 0 Å². The van der Waals surface area contributed by atoms with E-state index in [0.29, 0.717) is 0 Å². The number of carbonyl (C=O) groups is 2. The normalized spacial score (nSPS) is 10.6. The number of nitrogens with one attached hydrogen (secondary N) is 1. The van der Waals surface area contributed by atoms with E-state index in [9.17, 15) is 9.59 Å². The molecule has 0 radical (unpaired) electrons. The van der Waals surface area contributed by atoms with Crippen LogP contribution in [-0.4, -0.2) is 18.4 Å². The van der Waals surface area contributed by atoms with E-state index < -0.39 is 0 Å². The van der Waals surface area contributed by atoms with E-state index in [1.807, 2.05) is 56.3 Å². The number of para-hydroxylation sites is 1. The molecule has 0 atom stereocenters. The first-order valence-electron chi connectivity index (χ1n) is 8.53. The van der Waals surface area contributed by atoms with Crippen LogP contribution in [0.25, 0.3) is 0 Å². The molecule has 0 aromatic heterocycles. The molecule has 0 saturated carbocycles. The first-order valence-corrected chi connectivity index (χ1v) is 8.53. The van der Waals surface area contributed by atoms with Gasteiger partial charge in [0.1, 0.15) is 6.54 Å². The van der Waals surface area contributed by atoms with Crippen LogP contribution in [-0.2, 0) is 9.59 Å². The molecule has 2 amide bonds. The molecule has 2 aromatic carbocycles. The highest BCUT2D eigenvalue weighted by Gasteiger charge is 2.21. The SMILES string of the molecule is CC(=O)N(CC(=O)Nc1cccc(C)c1)c1c(C)cccc1C(C)C. The summed E-state index contributed by atoms with van der Waals surface area (Å²) in [4.78, 5) is 26.3. The average molecular weight is 338 g/mol. The molecule has 4 heteroatoms. The first-order chi connectivity index (χ1) is 11.8. The quantitative estimate of drug-likeness (QED) is 0.877.